The lowest BCUT2D eigenvalue weighted by Crippen LogP contribution is -2.51. The van der Waals surface area contributed by atoms with Gasteiger partial charge >= 0.3 is 0 Å². The van der Waals surface area contributed by atoms with Crippen LogP contribution in [0.3, 0.4) is 0 Å². The molecule has 0 amide bonds. The highest BCUT2D eigenvalue weighted by molar-refractivity contribution is 9.10. The zero-order chi connectivity index (χ0) is 14.2. The molecule has 1 aromatic rings. The summed E-state index contributed by atoms with van der Waals surface area (Å²) in [6.07, 6.45) is 0. The summed E-state index contributed by atoms with van der Waals surface area (Å²) in [5, 5.41) is 3.10. The fourth-order valence-corrected chi connectivity index (χ4v) is 4.66. The van der Waals surface area contributed by atoms with Gasteiger partial charge in [0.05, 0.1) is 0 Å². The van der Waals surface area contributed by atoms with Crippen molar-refractivity contribution >= 4 is 26.0 Å². The molecule has 1 N–H and O–H groups in total. The van der Waals surface area contributed by atoms with Crippen LogP contribution in [0, 0.1) is 11.6 Å². The number of halogens is 3. The van der Waals surface area contributed by atoms with E-state index in [2.05, 4.69) is 21.2 Å². The van der Waals surface area contributed by atoms with Crippen LogP contribution in [0.5, 0.6) is 0 Å². The number of hydrogen-bond donors (Lipinski definition) is 1. The number of nitrogens with one attached hydrogen (secondary N) is 1. The van der Waals surface area contributed by atoms with Gasteiger partial charge in [0.2, 0.25) is 10.0 Å². The molecule has 19 heavy (non-hydrogen) atoms. The molecule has 0 radical (unpaired) electrons. The van der Waals surface area contributed by atoms with Gasteiger partial charge in [-0.15, -0.1) is 0 Å². The van der Waals surface area contributed by atoms with Crippen molar-refractivity contribution in [1.29, 1.82) is 0 Å². The topological polar surface area (TPSA) is 49.4 Å². The molecule has 0 aliphatic carbocycles. The van der Waals surface area contributed by atoms with Crippen LogP contribution in [0.25, 0.3) is 0 Å². The van der Waals surface area contributed by atoms with Crippen LogP contribution in [0.1, 0.15) is 6.92 Å². The quantitative estimate of drug-likeness (QED) is 0.879. The lowest BCUT2D eigenvalue weighted by atomic mass is 10.3. The number of rotatable bonds is 2. The molecule has 8 heteroatoms. The van der Waals surface area contributed by atoms with Gasteiger partial charge in [-0.1, -0.05) is 0 Å². The van der Waals surface area contributed by atoms with E-state index < -0.39 is 26.6 Å². The fraction of sp³-hybridized carbons (Fsp3) is 0.455. The third-order valence-corrected chi connectivity index (χ3v) is 5.72. The molecule has 4 nitrogen and oxygen atoms in total. The van der Waals surface area contributed by atoms with Gasteiger partial charge in [0.25, 0.3) is 0 Å². The predicted octanol–water partition coefficient (Wildman–Crippen LogP) is 1.71. The van der Waals surface area contributed by atoms with Crippen LogP contribution in [-0.4, -0.2) is 38.4 Å². The second-order valence-corrected chi connectivity index (χ2v) is 7.15. The lowest BCUT2D eigenvalue weighted by molar-refractivity contribution is 0.309. The molecule has 0 bridgehead atoms. The molecule has 1 saturated heterocycles. The standard InChI is InChI=1S/C11H13BrF2N2O2S/c1-7-6-16(3-2-15-7)19(17,18)11-9(12)4-8(13)5-10(11)14/h4-5,7,15H,2-3,6H2,1H3. The Bertz CT molecular complexity index is 571. The van der Waals surface area contributed by atoms with Crippen molar-refractivity contribution in [2.45, 2.75) is 17.9 Å². The molecule has 1 heterocycles. The molecule has 1 aliphatic heterocycles. The van der Waals surface area contributed by atoms with Gasteiger partial charge in [-0.25, -0.2) is 17.2 Å². The molecule has 0 spiro atoms. The van der Waals surface area contributed by atoms with Crippen LogP contribution in [0.2, 0.25) is 0 Å². The van der Waals surface area contributed by atoms with Gasteiger partial charge in [-0.3, -0.25) is 0 Å². The largest absolute Gasteiger partial charge is 0.312 e. The van der Waals surface area contributed by atoms with E-state index in [9.17, 15) is 17.2 Å². The van der Waals surface area contributed by atoms with E-state index in [4.69, 9.17) is 0 Å². The van der Waals surface area contributed by atoms with E-state index in [1.807, 2.05) is 6.92 Å². The zero-order valence-corrected chi connectivity index (χ0v) is 12.6. The number of benzene rings is 1. The first-order valence-corrected chi connectivity index (χ1v) is 7.94. The van der Waals surface area contributed by atoms with Crippen molar-refractivity contribution in [3.8, 4) is 0 Å². The molecular weight excluding hydrogens is 342 g/mol. The Labute approximate surface area is 119 Å². The number of hydrogen-bond acceptors (Lipinski definition) is 3. The van der Waals surface area contributed by atoms with Crippen molar-refractivity contribution in [2.24, 2.45) is 0 Å². The highest BCUT2D eigenvalue weighted by Crippen LogP contribution is 2.29. The third kappa shape index (κ3) is 2.96. The lowest BCUT2D eigenvalue weighted by Gasteiger charge is -2.31. The number of sulfonamides is 1. The smallest absolute Gasteiger partial charge is 0.247 e. The average molecular weight is 355 g/mol. The molecule has 1 aliphatic rings. The van der Waals surface area contributed by atoms with Crippen molar-refractivity contribution in [3.05, 3.63) is 28.2 Å². The molecule has 1 aromatic carbocycles. The van der Waals surface area contributed by atoms with Crippen LogP contribution in [0.15, 0.2) is 21.5 Å². The minimum atomic E-state index is -3.97. The Morgan fingerprint density at radius 2 is 2.11 bits per heavy atom. The second-order valence-electron chi connectivity index (χ2n) is 4.42. The highest BCUT2D eigenvalue weighted by Gasteiger charge is 2.32. The van der Waals surface area contributed by atoms with Gasteiger partial charge in [0, 0.05) is 36.2 Å². The first-order chi connectivity index (χ1) is 8.82. The Kier molecular flexibility index (Phi) is 4.24. The Hall–Kier alpha value is -0.570. The SMILES string of the molecule is CC1CN(S(=O)(=O)c2c(F)cc(F)cc2Br)CCN1. The maximum absolute atomic E-state index is 13.8. The van der Waals surface area contributed by atoms with Gasteiger partial charge < -0.3 is 5.32 Å². The zero-order valence-electron chi connectivity index (χ0n) is 10.2. The van der Waals surface area contributed by atoms with E-state index in [0.29, 0.717) is 12.6 Å². The number of piperazine rings is 1. The molecule has 0 saturated carbocycles. The Morgan fingerprint density at radius 1 is 1.42 bits per heavy atom. The van der Waals surface area contributed by atoms with Crippen LogP contribution < -0.4 is 5.32 Å². The molecule has 2 rings (SSSR count). The summed E-state index contributed by atoms with van der Waals surface area (Å²) in [6.45, 7) is 2.86. The minimum Gasteiger partial charge on any atom is -0.312 e. The van der Waals surface area contributed by atoms with Crippen LogP contribution >= 0.6 is 15.9 Å². The van der Waals surface area contributed by atoms with E-state index in [1.54, 1.807) is 0 Å². The summed E-state index contributed by atoms with van der Waals surface area (Å²) < 4.78 is 52.7. The first-order valence-electron chi connectivity index (χ1n) is 5.70. The molecule has 1 atom stereocenters. The highest BCUT2D eigenvalue weighted by atomic mass is 79.9. The van der Waals surface area contributed by atoms with Crippen molar-refractivity contribution < 1.29 is 17.2 Å². The van der Waals surface area contributed by atoms with Gasteiger partial charge in [-0.2, -0.15) is 4.31 Å². The van der Waals surface area contributed by atoms with Crippen LogP contribution in [0.4, 0.5) is 8.78 Å². The van der Waals surface area contributed by atoms with Gasteiger partial charge in [0.1, 0.15) is 16.5 Å². The summed E-state index contributed by atoms with van der Waals surface area (Å²) in [5.41, 5.74) is 0. The third-order valence-electron chi connectivity index (χ3n) is 2.89. The molecule has 0 aromatic heterocycles. The van der Waals surface area contributed by atoms with E-state index in [-0.39, 0.29) is 23.6 Å². The van der Waals surface area contributed by atoms with E-state index in [0.717, 1.165) is 6.07 Å². The predicted molar refractivity (Wildman–Crippen MR) is 70.3 cm³/mol. The van der Waals surface area contributed by atoms with Crippen molar-refractivity contribution in [3.63, 3.8) is 0 Å². The Balaban J connectivity index is 2.45. The van der Waals surface area contributed by atoms with Gasteiger partial charge in [-0.05, 0) is 28.9 Å². The summed E-state index contributed by atoms with van der Waals surface area (Å²) >= 11 is 2.91. The van der Waals surface area contributed by atoms with E-state index in [1.165, 1.54) is 4.31 Å². The monoisotopic (exact) mass is 354 g/mol. The maximum atomic E-state index is 13.8. The summed E-state index contributed by atoms with van der Waals surface area (Å²) in [7, 11) is -3.97. The summed E-state index contributed by atoms with van der Waals surface area (Å²) in [5.74, 6) is -1.91. The van der Waals surface area contributed by atoms with E-state index >= 15 is 0 Å². The average Bonchev–Trinajstić information content (AvgIpc) is 2.26. The maximum Gasteiger partial charge on any atom is 0.247 e. The first kappa shape index (κ1) is 14.8. The normalized spacial score (nSPS) is 21.6. The minimum absolute atomic E-state index is 0.00851. The fourth-order valence-electron chi connectivity index (χ4n) is 2.02. The van der Waals surface area contributed by atoms with Crippen LogP contribution in [-0.2, 0) is 10.0 Å². The molecular formula is C11H13BrF2N2O2S. The Morgan fingerprint density at radius 3 is 2.68 bits per heavy atom. The molecule has 1 fully saturated rings. The van der Waals surface area contributed by atoms with Crippen molar-refractivity contribution in [1.82, 2.24) is 9.62 Å². The molecule has 1 unspecified atom stereocenters. The second kappa shape index (κ2) is 5.43. The van der Waals surface area contributed by atoms with Gasteiger partial charge in [0.15, 0.2) is 0 Å². The summed E-state index contributed by atoms with van der Waals surface area (Å²) in [6, 6.07) is 1.51. The summed E-state index contributed by atoms with van der Waals surface area (Å²) in [4.78, 5) is -0.511. The van der Waals surface area contributed by atoms with Crippen molar-refractivity contribution in [2.75, 3.05) is 19.6 Å². The number of nitrogens with zero attached hydrogens (tertiary/aromatic N) is 1. The molecule has 106 valence electrons.